The molecule has 2 aromatic carbocycles. The second kappa shape index (κ2) is 3.94. The smallest absolute Gasteiger partial charge is 0.0343 e. The van der Waals surface area contributed by atoms with Crippen molar-refractivity contribution >= 4 is 22.1 Å². The fourth-order valence-corrected chi connectivity index (χ4v) is 3.57. The average molecular weight is 264 g/mol. The molecule has 1 heterocycles. The van der Waals surface area contributed by atoms with Gasteiger partial charge in [-0.15, -0.1) is 11.3 Å². The number of thiophene rings is 1. The maximum atomic E-state index is 2.42. The Hall–Kier alpha value is -1.60. The standard InChI is InChI=1S/C18H16S/c1-18(8-9-18)16-12-14(17-7-4-10-19-17)11-13-5-2-3-6-15(13)16/h2-7,10-12H,8-9H2,1H3. The molecule has 1 aliphatic rings. The highest BCUT2D eigenvalue weighted by Gasteiger charge is 2.40. The summed E-state index contributed by atoms with van der Waals surface area (Å²) in [6.07, 6.45) is 2.65. The van der Waals surface area contributed by atoms with Gasteiger partial charge in [0.25, 0.3) is 0 Å². The van der Waals surface area contributed by atoms with Gasteiger partial charge in [0.05, 0.1) is 0 Å². The molecule has 0 saturated heterocycles. The van der Waals surface area contributed by atoms with Gasteiger partial charge in [0.1, 0.15) is 0 Å². The van der Waals surface area contributed by atoms with Gasteiger partial charge in [0, 0.05) is 4.88 Å². The summed E-state index contributed by atoms with van der Waals surface area (Å²) < 4.78 is 0. The van der Waals surface area contributed by atoms with Gasteiger partial charge in [-0.1, -0.05) is 37.3 Å². The van der Waals surface area contributed by atoms with Crippen LogP contribution in [0.5, 0.6) is 0 Å². The molecule has 3 aromatic rings. The van der Waals surface area contributed by atoms with Gasteiger partial charge in [0.15, 0.2) is 0 Å². The van der Waals surface area contributed by atoms with E-state index in [1.165, 1.54) is 39.6 Å². The van der Waals surface area contributed by atoms with Crippen molar-refractivity contribution in [2.45, 2.75) is 25.2 Å². The Labute approximate surface area is 117 Å². The molecule has 1 heteroatoms. The largest absolute Gasteiger partial charge is 0.144 e. The summed E-state index contributed by atoms with van der Waals surface area (Å²) in [7, 11) is 0. The Balaban J connectivity index is 2.02. The van der Waals surface area contributed by atoms with E-state index in [1.807, 2.05) is 11.3 Å². The monoisotopic (exact) mass is 264 g/mol. The molecule has 0 unspecified atom stereocenters. The molecule has 0 radical (unpaired) electrons. The van der Waals surface area contributed by atoms with Gasteiger partial charge < -0.3 is 0 Å². The van der Waals surface area contributed by atoms with Crippen molar-refractivity contribution in [1.82, 2.24) is 0 Å². The third-order valence-corrected chi connectivity index (χ3v) is 5.24. The Morgan fingerprint density at radius 1 is 1.00 bits per heavy atom. The highest BCUT2D eigenvalue weighted by Crippen LogP contribution is 2.50. The predicted octanol–water partition coefficient (Wildman–Crippen LogP) is 5.62. The Morgan fingerprint density at radius 3 is 2.58 bits per heavy atom. The first-order chi connectivity index (χ1) is 9.26. The minimum Gasteiger partial charge on any atom is -0.144 e. The molecule has 0 atom stereocenters. The summed E-state index contributed by atoms with van der Waals surface area (Å²) in [5.74, 6) is 0. The minimum atomic E-state index is 0.410. The summed E-state index contributed by atoms with van der Waals surface area (Å²) in [6, 6.07) is 17.9. The van der Waals surface area contributed by atoms with Gasteiger partial charge in [-0.05, 0) is 63.7 Å². The first-order valence-corrected chi connectivity index (χ1v) is 7.71. The Bertz CT molecular complexity index is 733. The van der Waals surface area contributed by atoms with Crippen molar-refractivity contribution in [3.05, 3.63) is 59.5 Å². The number of rotatable bonds is 2. The molecule has 0 aliphatic heterocycles. The number of hydrogen-bond donors (Lipinski definition) is 0. The highest BCUT2D eigenvalue weighted by molar-refractivity contribution is 7.13. The normalized spacial score (nSPS) is 16.7. The molecular formula is C18H16S. The molecule has 19 heavy (non-hydrogen) atoms. The topological polar surface area (TPSA) is 0 Å². The van der Waals surface area contributed by atoms with Gasteiger partial charge >= 0.3 is 0 Å². The van der Waals surface area contributed by atoms with E-state index in [0.29, 0.717) is 5.41 Å². The summed E-state index contributed by atoms with van der Waals surface area (Å²) in [5.41, 5.74) is 3.32. The van der Waals surface area contributed by atoms with E-state index in [9.17, 15) is 0 Å². The van der Waals surface area contributed by atoms with E-state index in [1.54, 1.807) is 0 Å². The van der Waals surface area contributed by atoms with Crippen molar-refractivity contribution in [3.63, 3.8) is 0 Å². The van der Waals surface area contributed by atoms with E-state index in [4.69, 9.17) is 0 Å². The SMILES string of the molecule is CC1(c2cc(-c3cccs3)cc3ccccc23)CC1. The third kappa shape index (κ3) is 1.81. The van der Waals surface area contributed by atoms with Crippen LogP contribution in [0.4, 0.5) is 0 Å². The van der Waals surface area contributed by atoms with Crippen LogP contribution in [0.3, 0.4) is 0 Å². The number of benzene rings is 2. The van der Waals surface area contributed by atoms with E-state index < -0.39 is 0 Å². The molecule has 0 nitrogen and oxygen atoms in total. The second-order valence-electron chi connectivity index (χ2n) is 5.78. The molecule has 1 aliphatic carbocycles. The van der Waals surface area contributed by atoms with Crippen LogP contribution in [-0.2, 0) is 5.41 Å². The van der Waals surface area contributed by atoms with Gasteiger partial charge in [-0.3, -0.25) is 0 Å². The van der Waals surface area contributed by atoms with Crippen molar-refractivity contribution < 1.29 is 0 Å². The summed E-state index contributed by atoms with van der Waals surface area (Å²) in [5, 5.41) is 4.96. The Kier molecular flexibility index (Phi) is 2.33. The van der Waals surface area contributed by atoms with Crippen molar-refractivity contribution in [3.8, 4) is 10.4 Å². The molecule has 1 fully saturated rings. The maximum Gasteiger partial charge on any atom is 0.0343 e. The van der Waals surface area contributed by atoms with Gasteiger partial charge in [-0.25, -0.2) is 0 Å². The van der Waals surface area contributed by atoms with Crippen LogP contribution in [0.1, 0.15) is 25.3 Å². The summed E-state index contributed by atoms with van der Waals surface area (Å²) in [4.78, 5) is 1.37. The van der Waals surface area contributed by atoms with Crippen LogP contribution in [0.15, 0.2) is 53.9 Å². The summed E-state index contributed by atoms with van der Waals surface area (Å²) >= 11 is 1.82. The Morgan fingerprint density at radius 2 is 1.84 bits per heavy atom. The zero-order valence-corrected chi connectivity index (χ0v) is 11.8. The van der Waals surface area contributed by atoms with Crippen molar-refractivity contribution in [2.24, 2.45) is 0 Å². The molecular weight excluding hydrogens is 248 g/mol. The minimum absolute atomic E-state index is 0.410. The zero-order valence-electron chi connectivity index (χ0n) is 11.0. The van der Waals surface area contributed by atoms with Gasteiger partial charge in [-0.2, -0.15) is 0 Å². The van der Waals surface area contributed by atoms with Crippen LogP contribution < -0.4 is 0 Å². The van der Waals surface area contributed by atoms with Crippen LogP contribution in [0.2, 0.25) is 0 Å². The lowest BCUT2D eigenvalue weighted by Gasteiger charge is -2.15. The maximum absolute atomic E-state index is 2.42. The highest BCUT2D eigenvalue weighted by atomic mass is 32.1. The third-order valence-electron chi connectivity index (χ3n) is 4.32. The lowest BCUT2D eigenvalue weighted by molar-refractivity contribution is 0.797. The number of hydrogen-bond acceptors (Lipinski definition) is 1. The van der Waals surface area contributed by atoms with E-state index in [0.717, 1.165) is 0 Å². The van der Waals surface area contributed by atoms with Crippen LogP contribution in [0, 0.1) is 0 Å². The molecule has 4 rings (SSSR count). The van der Waals surface area contributed by atoms with Crippen LogP contribution in [-0.4, -0.2) is 0 Å². The van der Waals surface area contributed by atoms with Gasteiger partial charge in [0.2, 0.25) is 0 Å². The molecule has 94 valence electrons. The average Bonchev–Trinajstić information content (AvgIpc) is 2.98. The van der Waals surface area contributed by atoms with Crippen LogP contribution in [0.25, 0.3) is 21.2 Å². The fraction of sp³-hybridized carbons (Fsp3) is 0.222. The predicted molar refractivity (Wildman–Crippen MR) is 83.8 cm³/mol. The molecule has 0 amide bonds. The molecule has 0 bridgehead atoms. The zero-order chi connectivity index (χ0) is 12.9. The molecule has 0 spiro atoms. The van der Waals surface area contributed by atoms with Crippen LogP contribution >= 0.6 is 11.3 Å². The summed E-state index contributed by atoms with van der Waals surface area (Å²) in [6.45, 7) is 2.40. The van der Waals surface area contributed by atoms with Crippen molar-refractivity contribution in [2.75, 3.05) is 0 Å². The van der Waals surface area contributed by atoms with E-state index >= 15 is 0 Å². The molecule has 1 aromatic heterocycles. The lowest BCUT2D eigenvalue weighted by Crippen LogP contribution is -2.01. The van der Waals surface area contributed by atoms with E-state index in [-0.39, 0.29) is 0 Å². The first kappa shape index (κ1) is 11.2. The fourth-order valence-electron chi connectivity index (χ4n) is 2.85. The van der Waals surface area contributed by atoms with E-state index in [2.05, 4.69) is 60.8 Å². The second-order valence-corrected chi connectivity index (χ2v) is 6.73. The lowest BCUT2D eigenvalue weighted by atomic mass is 9.90. The molecule has 1 saturated carbocycles. The first-order valence-electron chi connectivity index (χ1n) is 6.83. The number of fused-ring (bicyclic) bond motifs is 1. The molecule has 0 N–H and O–H groups in total. The quantitative estimate of drug-likeness (QED) is 0.563. The van der Waals surface area contributed by atoms with Crippen molar-refractivity contribution in [1.29, 1.82) is 0 Å².